The molecule has 4 atom stereocenters. The molecule has 1 aliphatic rings. The molecule has 1 aliphatic carbocycles. The standard InChI is InChI=1S/C16H21BrF2O3S.C15H15F2N3O5.C13H14ClF3O4S.C11H11ClF3NO3.CHF3O3S/c1-8(2)10-5-4-9(3)6-12(10)21-14(20)13-7-11(17)15(23-13)22-16(18)19;1-9-3-4-11(7-12(9)25-15(16)17)14(21)24-6-5-19-10(2)18-8-13(19)20(22)23;1-2-3-4-9(18)8-22(19,20)10-5-6-11(14)12(7-10)21-13(15,16)17;12-8-2-1-6(7(5-16)4-10(17)18)3-9(8)19-11(13,14)15;2-1(3,4)8(5,6)7/h7-10,12,16H,4-6H2,1-3H3;3-4,7-8,15H,5-6H2,1-2H3;5-7H,2-4,8H2,1H3;1-3,7H,4-5,16H2,(H,17,18);(H,5,6,7)/t9-,10+,12-;;;;/m1..../s1. The van der Waals surface area contributed by atoms with Crippen LogP contribution in [0.3, 0.4) is 0 Å². The van der Waals surface area contributed by atoms with E-state index in [1.54, 1.807) is 13.8 Å². The van der Waals surface area contributed by atoms with E-state index in [2.05, 4.69) is 60.6 Å². The van der Waals surface area contributed by atoms with Crippen molar-refractivity contribution >= 4 is 99.9 Å². The van der Waals surface area contributed by atoms with Crippen LogP contribution in [0, 0.1) is 41.7 Å². The third kappa shape index (κ3) is 30.9. The van der Waals surface area contributed by atoms with Gasteiger partial charge in [0.15, 0.2) is 20.7 Å². The molecular formula is C56H62BrCl2F13N4O18S3. The lowest BCUT2D eigenvalue weighted by Gasteiger charge is -2.36. The topological polar surface area (TPSA) is 319 Å². The van der Waals surface area contributed by atoms with Crippen molar-refractivity contribution in [3.63, 3.8) is 0 Å². The molecule has 0 amide bonds. The van der Waals surface area contributed by atoms with Gasteiger partial charge in [-0.05, 0) is 125 Å². The third-order valence-corrected chi connectivity index (χ3v) is 17.7. The summed E-state index contributed by atoms with van der Waals surface area (Å²) in [5.74, 6) is -4.19. The molecule has 1 unspecified atom stereocenters. The van der Waals surface area contributed by atoms with Crippen LogP contribution in [-0.2, 0) is 45.6 Å². The van der Waals surface area contributed by atoms with Crippen molar-refractivity contribution in [2.75, 3.05) is 18.9 Å². The number of unbranched alkanes of at least 4 members (excludes halogenated alkanes) is 1. The lowest BCUT2D eigenvalue weighted by Crippen LogP contribution is -2.35. The van der Waals surface area contributed by atoms with Crippen LogP contribution in [0.1, 0.15) is 116 Å². The largest absolute Gasteiger partial charge is 0.573 e. The molecule has 41 heteroatoms. The van der Waals surface area contributed by atoms with E-state index in [4.69, 9.17) is 56.5 Å². The molecule has 0 radical (unpaired) electrons. The third-order valence-electron chi connectivity index (χ3n) is 13.0. The molecule has 3 aromatic carbocycles. The van der Waals surface area contributed by atoms with Gasteiger partial charge < -0.3 is 49.4 Å². The number of Topliss-reactive ketones (excluding diaryl/α,β-unsaturated/α-hetero) is 1. The Hall–Kier alpha value is -6.78. The zero-order valence-electron chi connectivity index (χ0n) is 51.3. The van der Waals surface area contributed by atoms with Crippen molar-refractivity contribution in [2.24, 2.45) is 23.5 Å². The lowest BCUT2D eigenvalue weighted by atomic mass is 9.75. The number of aliphatic carboxylic acids is 1. The Morgan fingerprint density at radius 3 is 1.92 bits per heavy atom. The van der Waals surface area contributed by atoms with Crippen molar-refractivity contribution < 1.29 is 136 Å². The zero-order valence-corrected chi connectivity index (χ0v) is 56.8. The molecule has 0 bridgehead atoms. The quantitative estimate of drug-likeness (QED) is 0.0129. The predicted molar refractivity (Wildman–Crippen MR) is 325 cm³/mol. The van der Waals surface area contributed by atoms with E-state index in [0.29, 0.717) is 51.7 Å². The molecule has 544 valence electrons. The monoisotopic (exact) mass is 1570 g/mol. The minimum absolute atomic E-state index is 0.00984. The Morgan fingerprint density at radius 2 is 1.41 bits per heavy atom. The van der Waals surface area contributed by atoms with Gasteiger partial charge in [-0.1, -0.05) is 87.2 Å². The van der Waals surface area contributed by atoms with Crippen LogP contribution in [0.5, 0.6) is 22.3 Å². The highest BCUT2D eigenvalue weighted by molar-refractivity contribution is 9.10. The van der Waals surface area contributed by atoms with Crippen molar-refractivity contribution in [3.05, 3.63) is 119 Å². The lowest BCUT2D eigenvalue weighted by molar-refractivity contribution is -0.392. The molecule has 22 nitrogen and oxygen atoms in total. The Balaban J connectivity index is 0.000000425. The SMILES string of the molecule is CC(C)[C@@H]1CC[C@@H](C)C[C@H]1OC(=O)c1cc(Br)c(OC(F)F)s1.CCCCC(=O)CS(=O)(=O)c1ccc(Cl)c(OC(F)(F)F)c1.Cc1ccc(C(=O)OCCn2c([N+](=O)[O-])cnc2C)cc1OC(F)F.NCC(CC(=O)O)c1ccc(Cl)c(OC(F)(F)F)c1.O=S(=O)(O)C(F)(F)F. The van der Waals surface area contributed by atoms with Crippen molar-refractivity contribution in [1.29, 1.82) is 0 Å². The number of rotatable bonds is 24. The number of carboxylic acid groups (broad SMARTS) is 1. The van der Waals surface area contributed by atoms with E-state index in [9.17, 15) is 94.8 Å². The molecule has 97 heavy (non-hydrogen) atoms. The maximum absolute atomic E-state index is 12.4. The molecule has 2 heterocycles. The number of alkyl halides is 13. The number of esters is 2. The molecule has 1 fully saturated rings. The van der Waals surface area contributed by atoms with Gasteiger partial charge in [0.1, 0.15) is 59.1 Å². The number of aromatic nitrogens is 2. The van der Waals surface area contributed by atoms with Crippen molar-refractivity contribution in [2.45, 2.75) is 141 Å². The normalized spacial score (nSPS) is 15.2. The molecule has 6 rings (SSSR count). The average molecular weight is 1570 g/mol. The number of thiophene rings is 1. The molecule has 4 N–H and O–H groups in total. The summed E-state index contributed by atoms with van der Waals surface area (Å²) in [6.07, 6.45) is -4.72. The van der Waals surface area contributed by atoms with Gasteiger partial charge >= 0.3 is 65.3 Å². The molecule has 0 spiro atoms. The van der Waals surface area contributed by atoms with Gasteiger partial charge in [0.2, 0.25) is 0 Å². The summed E-state index contributed by atoms with van der Waals surface area (Å²) in [6, 6.07) is 11.9. The maximum Gasteiger partial charge on any atom is 0.573 e. The summed E-state index contributed by atoms with van der Waals surface area (Å²) < 4.78 is 232. The Labute approximate surface area is 567 Å². The van der Waals surface area contributed by atoms with E-state index in [0.717, 1.165) is 67.5 Å². The zero-order chi connectivity index (χ0) is 74.3. The molecule has 1 saturated carbocycles. The highest BCUT2D eigenvalue weighted by Crippen LogP contribution is 2.40. The van der Waals surface area contributed by atoms with E-state index in [1.165, 1.54) is 34.9 Å². The van der Waals surface area contributed by atoms with Crippen LogP contribution in [-0.4, -0.2) is 121 Å². The number of ether oxygens (including phenoxy) is 6. The molecular weight excluding hydrogens is 1510 g/mol. The van der Waals surface area contributed by atoms with Gasteiger partial charge in [0.05, 0.1) is 31.4 Å². The van der Waals surface area contributed by atoms with Crippen molar-refractivity contribution in [3.8, 4) is 22.3 Å². The van der Waals surface area contributed by atoms with Crippen LogP contribution in [0.15, 0.2) is 76.2 Å². The first-order chi connectivity index (χ1) is 44.6. The Kier molecular flexibility index (Phi) is 34.3. The second-order valence-electron chi connectivity index (χ2n) is 20.7. The first-order valence-corrected chi connectivity index (χ1v) is 33.2. The second kappa shape index (κ2) is 38.5. The number of nitrogens with two attached hydrogens (primary N) is 1. The number of nitro groups is 1. The van der Waals surface area contributed by atoms with E-state index < -0.39 is 108 Å². The van der Waals surface area contributed by atoms with Crippen LogP contribution < -0.4 is 24.7 Å². The fourth-order valence-electron chi connectivity index (χ4n) is 8.35. The Bertz CT molecular complexity index is 3680. The highest BCUT2D eigenvalue weighted by Gasteiger charge is 2.44. The summed E-state index contributed by atoms with van der Waals surface area (Å²) in [6.45, 7) is 5.39. The minimum atomic E-state index is -5.84. The number of sulfone groups is 1. The van der Waals surface area contributed by atoms with Gasteiger partial charge in [-0.25, -0.2) is 27.6 Å². The maximum atomic E-state index is 12.4. The molecule has 5 aromatic rings. The van der Waals surface area contributed by atoms with Gasteiger partial charge in [0.25, 0.3) is 0 Å². The fourth-order valence-corrected chi connectivity index (χ4v) is 11.5. The average Bonchev–Trinajstić information content (AvgIpc) is 1.79. The number of carbonyl (C=O) groups excluding carboxylic acids is 3. The first-order valence-electron chi connectivity index (χ1n) is 27.7. The minimum Gasteiger partial charge on any atom is -0.481 e. The van der Waals surface area contributed by atoms with E-state index >= 15 is 0 Å². The number of nitrogens with zero attached hydrogens (tertiary/aromatic N) is 3. The van der Waals surface area contributed by atoms with E-state index in [-0.39, 0.29) is 75.8 Å². The summed E-state index contributed by atoms with van der Waals surface area (Å²) in [4.78, 5) is 60.5. The highest BCUT2D eigenvalue weighted by atomic mass is 79.9. The smallest absolute Gasteiger partial charge is 0.481 e. The summed E-state index contributed by atoms with van der Waals surface area (Å²) in [5.41, 5.74) is 0.687. The molecule has 2 aromatic heterocycles. The number of imidazole rings is 1. The summed E-state index contributed by atoms with van der Waals surface area (Å²) >= 11 is 15.1. The molecule has 0 aliphatic heterocycles. The van der Waals surface area contributed by atoms with Gasteiger partial charge in [0, 0.05) is 25.3 Å². The number of benzene rings is 3. The molecule has 0 saturated heterocycles. The van der Waals surface area contributed by atoms with Crippen LogP contribution in [0.2, 0.25) is 10.0 Å². The van der Waals surface area contributed by atoms with E-state index in [1.807, 2.05) is 6.92 Å². The number of aryl methyl sites for hydroxylation is 2. The number of hydrogen-bond donors (Lipinski definition) is 3. The number of halogens is 16. The fraction of sp³-hybridized carbons (Fsp3) is 0.482. The van der Waals surface area contributed by atoms with Gasteiger partial charge in [-0.15, -0.1) is 26.3 Å². The summed E-state index contributed by atoms with van der Waals surface area (Å²) in [5, 5.41) is 19.0. The van der Waals surface area contributed by atoms with Gasteiger partial charge in [-0.2, -0.15) is 39.2 Å². The number of carboxylic acids is 1. The number of ketones is 1. The van der Waals surface area contributed by atoms with Crippen LogP contribution >= 0.6 is 50.5 Å². The summed E-state index contributed by atoms with van der Waals surface area (Å²) in [7, 11) is -9.88. The first kappa shape index (κ1) is 86.3. The predicted octanol–water partition coefficient (Wildman–Crippen LogP) is 15.5. The second-order valence-corrected chi connectivity index (χ2v) is 26.8. The number of hydrogen-bond acceptors (Lipinski definition) is 19. The Morgan fingerprint density at radius 1 is 0.845 bits per heavy atom. The van der Waals surface area contributed by atoms with Crippen LogP contribution in [0.4, 0.5) is 62.9 Å². The van der Waals surface area contributed by atoms with Crippen LogP contribution in [0.25, 0.3) is 0 Å². The van der Waals surface area contributed by atoms with Gasteiger partial charge in [-0.3, -0.25) is 14.1 Å². The van der Waals surface area contributed by atoms with Crippen molar-refractivity contribution in [1.82, 2.24) is 9.55 Å². The number of carbonyl (C=O) groups is 4.